The minimum Gasteiger partial charge on any atom is -0.507 e. The Kier molecular flexibility index (Phi) is 7.15. The van der Waals surface area contributed by atoms with Crippen LogP contribution in [0.2, 0.25) is 0 Å². The lowest BCUT2D eigenvalue weighted by molar-refractivity contribution is -0.149. The van der Waals surface area contributed by atoms with Gasteiger partial charge in [0.15, 0.2) is 18.2 Å². The lowest BCUT2D eigenvalue weighted by Crippen LogP contribution is -2.30. The standard InChI is InChI=1S/C24H21BrO7/c1-13(2)3-10-20(32-21(29)12-31-15-6-4-14(25)5-7-15)16-11-19(28)22-17(26)8-9-18(27)23(22)24(16)30/h3-9,11,20,26-27H,10,12H2,1-2H3/t20-/m1/s1. The SMILES string of the molecule is CC(C)=CC[C@@H](OC(=O)COc1ccc(Br)cc1)C1=CC(=O)c2c(O)ccc(O)c2C1=O. The van der Waals surface area contributed by atoms with Crippen LogP contribution < -0.4 is 4.74 Å². The van der Waals surface area contributed by atoms with Crippen molar-refractivity contribution in [1.29, 1.82) is 0 Å². The van der Waals surface area contributed by atoms with E-state index in [1.165, 1.54) is 0 Å². The van der Waals surface area contributed by atoms with E-state index in [0.717, 1.165) is 28.3 Å². The van der Waals surface area contributed by atoms with Crippen LogP contribution >= 0.6 is 15.9 Å². The van der Waals surface area contributed by atoms with Crippen LogP contribution in [-0.2, 0) is 9.53 Å². The number of ether oxygens (including phenoxy) is 2. The molecule has 0 saturated heterocycles. The third-order valence-electron chi connectivity index (χ3n) is 4.71. The van der Waals surface area contributed by atoms with Crippen LogP contribution in [0.5, 0.6) is 17.2 Å². The molecule has 3 rings (SSSR count). The third-order valence-corrected chi connectivity index (χ3v) is 5.24. The summed E-state index contributed by atoms with van der Waals surface area (Å²) in [6.45, 7) is 3.29. The minimum absolute atomic E-state index is 0.0853. The first-order chi connectivity index (χ1) is 15.2. The number of carbonyl (C=O) groups excluding carboxylic acids is 3. The zero-order valence-corrected chi connectivity index (χ0v) is 19.0. The maximum atomic E-state index is 13.1. The molecule has 2 aromatic rings. The number of rotatable bonds is 7. The van der Waals surface area contributed by atoms with Gasteiger partial charge in [-0.25, -0.2) is 4.79 Å². The summed E-state index contributed by atoms with van der Waals surface area (Å²) in [5, 5.41) is 20.1. The van der Waals surface area contributed by atoms with Crippen LogP contribution in [0.15, 0.2) is 64.2 Å². The summed E-state index contributed by atoms with van der Waals surface area (Å²) in [6, 6.07) is 9.14. The van der Waals surface area contributed by atoms with Crippen LogP contribution in [0.25, 0.3) is 0 Å². The van der Waals surface area contributed by atoms with E-state index in [9.17, 15) is 24.6 Å². The van der Waals surface area contributed by atoms with E-state index in [-0.39, 0.29) is 23.1 Å². The Hall–Kier alpha value is -3.39. The minimum atomic E-state index is -1.07. The average Bonchev–Trinajstić information content (AvgIpc) is 2.75. The Labute approximate surface area is 193 Å². The fourth-order valence-corrected chi connectivity index (χ4v) is 3.43. The van der Waals surface area contributed by atoms with Crippen LogP contribution in [0.3, 0.4) is 0 Å². The van der Waals surface area contributed by atoms with Gasteiger partial charge in [-0.2, -0.15) is 0 Å². The highest BCUT2D eigenvalue weighted by molar-refractivity contribution is 9.10. The molecule has 2 aromatic carbocycles. The van der Waals surface area contributed by atoms with Gasteiger partial charge in [0.05, 0.1) is 11.1 Å². The van der Waals surface area contributed by atoms with Gasteiger partial charge in [0.1, 0.15) is 23.4 Å². The number of aromatic hydroxyl groups is 2. The molecule has 32 heavy (non-hydrogen) atoms. The summed E-state index contributed by atoms with van der Waals surface area (Å²) in [5.74, 6) is -2.47. The maximum absolute atomic E-state index is 13.1. The molecule has 0 aliphatic heterocycles. The number of fused-ring (bicyclic) bond motifs is 1. The number of phenols is 2. The van der Waals surface area contributed by atoms with E-state index in [1.54, 1.807) is 30.3 Å². The molecule has 0 bridgehead atoms. The van der Waals surface area contributed by atoms with Crippen molar-refractivity contribution in [2.75, 3.05) is 6.61 Å². The normalized spacial score (nSPS) is 13.7. The number of ketones is 2. The van der Waals surface area contributed by atoms with Crippen molar-refractivity contribution in [3.8, 4) is 17.2 Å². The molecule has 2 N–H and O–H groups in total. The highest BCUT2D eigenvalue weighted by atomic mass is 79.9. The fraction of sp³-hybridized carbons (Fsp3) is 0.208. The number of carbonyl (C=O) groups is 3. The summed E-state index contributed by atoms with van der Waals surface area (Å²) in [7, 11) is 0. The maximum Gasteiger partial charge on any atom is 0.344 e. The topological polar surface area (TPSA) is 110 Å². The van der Waals surface area contributed by atoms with Gasteiger partial charge in [-0.3, -0.25) is 9.59 Å². The summed E-state index contributed by atoms with van der Waals surface area (Å²) < 4.78 is 11.8. The Morgan fingerprint density at radius 1 is 1.03 bits per heavy atom. The molecule has 0 fully saturated rings. The molecule has 0 aromatic heterocycles. The van der Waals surface area contributed by atoms with Crippen LogP contribution in [0.4, 0.5) is 0 Å². The Morgan fingerprint density at radius 2 is 1.66 bits per heavy atom. The Bertz CT molecular complexity index is 1130. The summed E-state index contributed by atoms with van der Waals surface area (Å²) in [6.07, 6.45) is 1.88. The first-order valence-corrected chi connectivity index (χ1v) is 10.5. The second-order valence-electron chi connectivity index (χ2n) is 7.39. The van der Waals surface area contributed by atoms with Crippen molar-refractivity contribution in [2.24, 2.45) is 0 Å². The molecular weight excluding hydrogens is 480 g/mol. The number of halogens is 1. The Morgan fingerprint density at radius 3 is 2.28 bits per heavy atom. The van der Waals surface area contributed by atoms with Gasteiger partial charge in [-0.15, -0.1) is 0 Å². The molecule has 166 valence electrons. The Balaban J connectivity index is 1.83. The van der Waals surface area contributed by atoms with Crippen LogP contribution in [-0.4, -0.2) is 40.5 Å². The quantitative estimate of drug-likeness (QED) is 0.326. The highest BCUT2D eigenvalue weighted by Gasteiger charge is 2.35. The van der Waals surface area contributed by atoms with E-state index in [0.29, 0.717) is 5.75 Å². The molecular formula is C24H21BrO7. The lowest BCUT2D eigenvalue weighted by atomic mass is 9.85. The number of esters is 1. The molecule has 0 amide bonds. The van der Waals surface area contributed by atoms with Gasteiger partial charge >= 0.3 is 5.97 Å². The van der Waals surface area contributed by atoms with Crippen LogP contribution in [0.1, 0.15) is 41.0 Å². The molecule has 0 unspecified atom stereocenters. The van der Waals surface area contributed by atoms with Crippen molar-refractivity contribution in [3.05, 3.63) is 75.3 Å². The molecule has 0 spiro atoms. The van der Waals surface area contributed by atoms with Crippen molar-refractivity contribution in [1.82, 2.24) is 0 Å². The monoisotopic (exact) mass is 500 g/mol. The van der Waals surface area contributed by atoms with E-state index in [2.05, 4.69) is 15.9 Å². The smallest absolute Gasteiger partial charge is 0.344 e. The zero-order chi connectivity index (χ0) is 23.4. The second kappa shape index (κ2) is 9.82. The van der Waals surface area contributed by atoms with E-state index in [4.69, 9.17) is 9.47 Å². The highest BCUT2D eigenvalue weighted by Crippen LogP contribution is 2.36. The van der Waals surface area contributed by atoms with Gasteiger partial charge in [0.25, 0.3) is 0 Å². The summed E-state index contributed by atoms with van der Waals surface area (Å²) in [5.41, 5.74) is 0.257. The van der Waals surface area contributed by atoms with Crippen LogP contribution in [0, 0.1) is 0 Å². The van der Waals surface area contributed by atoms with Gasteiger partial charge in [-0.1, -0.05) is 27.6 Å². The van der Waals surface area contributed by atoms with E-state index >= 15 is 0 Å². The van der Waals surface area contributed by atoms with Gasteiger partial charge in [0, 0.05) is 16.5 Å². The summed E-state index contributed by atoms with van der Waals surface area (Å²) in [4.78, 5) is 38.1. The molecule has 1 aliphatic carbocycles. The molecule has 0 heterocycles. The number of hydrogen-bond acceptors (Lipinski definition) is 7. The molecule has 7 nitrogen and oxygen atoms in total. The van der Waals surface area contributed by atoms with Crippen molar-refractivity contribution < 1.29 is 34.1 Å². The fourth-order valence-electron chi connectivity index (χ4n) is 3.17. The second-order valence-corrected chi connectivity index (χ2v) is 8.30. The number of Topliss-reactive ketones (excluding diaryl/α,β-unsaturated/α-hetero) is 1. The predicted molar refractivity (Wildman–Crippen MR) is 120 cm³/mol. The molecule has 0 saturated carbocycles. The van der Waals surface area contributed by atoms with Gasteiger partial charge < -0.3 is 19.7 Å². The first-order valence-electron chi connectivity index (χ1n) is 9.74. The molecule has 0 radical (unpaired) electrons. The molecule has 1 atom stereocenters. The zero-order valence-electron chi connectivity index (χ0n) is 17.4. The van der Waals surface area contributed by atoms with Gasteiger partial charge in [0.2, 0.25) is 0 Å². The van der Waals surface area contributed by atoms with E-state index in [1.807, 2.05) is 13.8 Å². The number of benzene rings is 2. The first kappa shape index (κ1) is 23.3. The van der Waals surface area contributed by atoms with Gasteiger partial charge in [-0.05, 0) is 56.3 Å². The molecule has 8 heteroatoms. The molecule has 1 aliphatic rings. The number of hydrogen-bond donors (Lipinski definition) is 2. The average molecular weight is 501 g/mol. The predicted octanol–water partition coefficient (Wildman–Crippen LogP) is 4.51. The summed E-state index contributed by atoms with van der Waals surface area (Å²) >= 11 is 3.31. The number of phenolic OH excluding ortho intramolecular Hbond substituents is 2. The third kappa shape index (κ3) is 5.26. The largest absolute Gasteiger partial charge is 0.507 e. The van der Waals surface area contributed by atoms with E-state index < -0.39 is 41.7 Å². The number of allylic oxidation sites excluding steroid dienone is 2. The lowest BCUT2D eigenvalue weighted by Gasteiger charge is -2.23. The van der Waals surface area contributed by atoms with Crippen molar-refractivity contribution >= 4 is 33.5 Å². The van der Waals surface area contributed by atoms with Crippen molar-refractivity contribution in [3.63, 3.8) is 0 Å². The van der Waals surface area contributed by atoms with Crippen molar-refractivity contribution in [2.45, 2.75) is 26.4 Å².